The Labute approximate surface area is 168 Å². The van der Waals surface area contributed by atoms with Crippen LogP contribution in [0.1, 0.15) is 15.9 Å². The normalized spacial score (nSPS) is 11.1. The number of amides is 1. The highest BCUT2D eigenvalue weighted by Crippen LogP contribution is 2.26. The Morgan fingerprint density at radius 3 is 2.57 bits per heavy atom. The fourth-order valence-electron chi connectivity index (χ4n) is 2.22. The number of hydrogen-bond donors (Lipinski definition) is 1. The molecule has 1 heterocycles. The SMILES string of the molecule is COCCOc1ccc(CNC(=O)c2cc(OCC(F)(F)F)ccc2[N+](=O)[O-])cn1. The number of aromatic nitrogens is 1. The Morgan fingerprint density at radius 2 is 1.97 bits per heavy atom. The molecule has 0 aliphatic rings. The Morgan fingerprint density at radius 1 is 1.20 bits per heavy atom. The number of carbonyl (C=O) groups excluding carboxylic acids is 1. The largest absolute Gasteiger partial charge is 0.484 e. The van der Waals surface area contributed by atoms with E-state index in [4.69, 9.17) is 9.47 Å². The maximum absolute atomic E-state index is 12.4. The molecule has 2 aromatic rings. The first kappa shape index (κ1) is 22.9. The molecule has 0 atom stereocenters. The first-order valence-electron chi connectivity index (χ1n) is 8.52. The summed E-state index contributed by atoms with van der Waals surface area (Å²) in [6.45, 7) is -0.897. The van der Waals surface area contributed by atoms with Crippen LogP contribution in [0.15, 0.2) is 36.5 Å². The van der Waals surface area contributed by atoms with Crippen LogP contribution in [0, 0.1) is 10.1 Å². The van der Waals surface area contributed by atoms with Gasteiger partial charge in [0.05, 0.1) is 11.5 Å². The zero-order valence-electron chi connectivity index (χ0n) is 15.8. The van der Waals surface area contributed by atoms with E-state index in [1.807, 2.05) is 0 Å². The third-order valence-electron chi connectivity index (χ3n) is 3.60. The van der Waals surface area contributed by atoms with Crippen LogP contribution in [0.3, 0.4) is 0 Å². The van der Waals surface area contributed by atoms with Crippen molar-refractivity contribution in [2.45, 2.75) is 12.7 Å². The van der Waals surface area contributed by atoms with E-state index in [9.17, 15) is 28.1 Å². The van der Waals surface area contributed by atoms with Gasteiger partial charge < -0.3 is 19.5 Å². The van der Waals surface area contributed by atoms with Crippen LogP contribution in [0.25, 0.3) is 0 Å². The number of nitro benzene ring substituents is 1. The predicted octanol–water partition coefficient (Wildman–Crippen LogP) is 2.89. The van der Waals surface area contributed by atoms with Crippen molar-refractivity contribution in [3.05, 3.63) is 57.8 Å². The quantitative estimate of drug-likeness (QED) is 0.351. The molecule has 1 N–H and O–H groups in total. The number of methoxy groups -OCH3 is 1. The average Bonchev–Trinajstić information content (AvgIpc) is 2.70. The van der Waals surface area contributed by atoms with E-state index in [0.29, 0.717) is 24.7 Å². The maximum atomic E-state index is 12.4. The monoisotopic (exact) mass is 429 g/mol. The van der Waals surface area contributed by atoms with E-state index >= 15 is 0 Å². The van der Waals surface area contributed by atoms with E-state index in [-0.39, 0.29) is 12.3 Å². The molecule has 1 aromatic heterocycles. The molecule has 0 unspecified atom stereocenters. The fourth-order valence-corrected chi connectivity index (χ4v) is 2.22. The molecule has 0 radical (unpaired) electrons. The van der Waals surface area contributed by atoms with Gasteiger partial charge in [-0.2, -0.15) is 13.2 Å². The number of hydrogen-bond acceptors (Lipinski definition) is 7. The molecule has 0 spiro atoms. The number of ether oxygens (including phenoxy) is 3. The lowest BCUT2D eigenvalue weighted by Gasteiger charge is -2.11. The number of carbonyl (C=O) groups is 1. The predicted molar refractivity (Wildman–Crippen MR) is 97.4 cm³/mol. The zero-order valence-corrected chi connectivity index (χ0v) is 15.8. The van der Waals surface area contributed by atoms with Crippen LogP contribution in [0.5, 0.6) is 11.6 Å². The summed E-state index contributed by atoms with van der Waals surface area (Å²) in [6, 6.07) is 6.00. The van der Waals surface area contributed by atoms with Crippen molar-refractivity contribution in [3.8, 4) is 11.6 Å². The summed E-state index contributed by atoms with van der Waals surface area (Å²) in [5, 5.41) is 13.6. The van der Waals surface area contributed by atoms with Gasteiger partial charge >= 0.3 is 6.18 Å². The minimum Gasteiger partial charge on any atom is -0.484 e. The molecule has 9 nitrogen and oxygen atoms in total. The molecule has 0 saturated heterocycles. The summed E-state index contributed by atoms with van der Waals surface area (Å²) >= 11 is 0. The summed E-state index contributed by atoms with van der Waals surface area (Å²) in [5.74, 6) is -0.811. The molecule has 0 aliphatic heterocycles. The molecule has 162 valence electrons. The Hall–Kier alpha value is -3.41. The highest BCUT2D eigenvalue weighted by Gasteiger charge is 2.29. The third kappa shape index (κ3) is 7.20. The van der Waals surface area contributed by atoms with Crippen LogP contribution < -0.4 is 14.8 Å². The van der Waals surface area contributed by atoms with Gasteiger partial charge in [0.1, 0.15) is 17.9 Å². The van der Waals surface area contributed by atoms with E-state index < -0.39 is 34.9 Å². The molecular formula is C18H18F3N3O6. The number of pyridine rings is 1. The van der Waals surface area contributed by atoms with Gasteiger partial charge in [-0.1, -0.05) is 6.07 Å². The Bertz CT molecular complexity index is 874. The summed E-state index contributed by atoms with van der Waals surface area (Å²) < 4.78 is 51.6. The van der Waals surface area contributed by atoms with Gasteiger partial charge in [-0.05, 0) is 17.7 Å². The molecule has 0 fully saturated rings. The number of rotatable bonds is 10. The van der Waals surface area contributed by atoms with E-state index in [0.717, 1.165) is 18.2 Å². The van der Waals surface area contributed by atoms with Crippen molar-refractivity contribution in [2.24, 2.45) is 0 Å². The molecule has 0 bridgehead atoms. The standard InChI is InChI=1S/C18H18F3N3O6/c1-28-6-7-29-16-5-2-12(9-22-16)10-23-17(25)14-8-13(30-11-18(19,20)21)3-4-15(14)24(26)27/h2-5,8-9H,6-7,10-11H2,1H3,(H,23,25). The third-order valence-corrected chi connectivity index (χ3v) is 3.60. The second kappa shape index (κ2) is 10.4. The molecule has 30 heavy (non-hydrogen) atoms. The van der Waals surface area contributed by atoms with Gasteiger partial charge in [0.15, 0.2) is 6.61 Å². The van der Waals surface area contributed by atoms with Crippen LogP contribution >= 0.6 is 0 Å². The average molecular weight is 429 g/mol. The van der Waals surface area contributed by atoms with Gasteiger partial charge in [-0.25, -0.2) is 4.98 Å². The van der Waals surface area contributed by atoms with Gasteiger partial charge in [0, 0.05) is 32.0 Å². The number of halogens is 3. The van der Waals surface area contributed by atoms with Gasteiger partial charge in [0.2, 0.25) is 5.88 Å². The molecule has 0 saturated carbocycles. The zero-order chi connectivity index (χ0) is 22.1. The summed E-state index contributed by atoms with van der Waals surface area (Å²) in [4.78, 5) is 26.8. The minimum absolute atomic E-state index is 0.0189. The van der Waals surface area contributed by atoms with Crippen molar-refractivity contribution >= 4 is 11.6 Å². The van der Waals surface area contributed by atoms with Crippen LogP contribution in [0.2, 0.25) is 0 Å². The van der Waals surface area contributed by atoms with E-state index in [1.54, 1.807) is 12.1 Å². The van der Waals surface area contributed by atoms with Crippen molar-refractivity contribution in [2.75, 3.05) is 26.9 Å². The number of benzene rings is 1. The molecule has 12 heteroatoms. The highest BCUT2D eigenvalue weighted by molar-refractivity contribution is 5.98. The lowest BCUT2D eigenvalue weighted by atomic mass is 10.1. The topological polar surface area (TPSA) is 113 Å². The second-order valence-electron chi connectivity index (χ2n) is 5.87. The summed E-state index contributed by atoms with van der Waals surface area (Å²) in [6.07, 6.45) is -3.14. The molecule has 0 aliphatic carbocycles. The van der Waals surface area contributed by atoms with Crippen molar-refractivity contribution in [1.29, 1.82) is 0 Å². The molecule has 1 amide bonds. The smallest absolute Gasteiger partial charge is 0.422 e. The van der Waals surface area contributed by atoms with Gasteiger partial charge in [-0.15, -0.1) is 0 Å². The lowest BCUT2D eigenvalue weighted by molar-refractivity contribution is -0.385. The van der Waals surface area contributed by atoms with Crippen molar-refractivity contribution < 1.29 is 37.1 Å². The maximum Gasteiger partial charge on any atom is 0.422 e. The number of nitrogens with zero attached hydrogens (tertiary/aromatic N) is 2. The summed E-state index contributed by atoms with van der Waals surface area (Å²) in [7, 11) is 1.53. The molecule has 2 rings (SSSR count). The van der Waals surface area contributed by atoms with E-state index in [2.05, 4.69) is 15.0 Å². The highest BCUT2D eigenvalue weighted by atomic mass is 19.4. The minimum atomic E-state index is -4.59. The van der Waals surface area contributed by atoms with Crippen LogP contribution in [0.4, 0.5) is 18.9 Å². The van der Waals surface area contributed by atoms with Crippen LogP contribution in [-0.2, 0) is 11.3 Å². The summed E-state index contributed by atoms with van der Waals surface area (Å²) in [5.41, 5.74) is -0.409. The molecule has 1 aromatic carbocycles. The molecular weight excluding hydrogens is 411 g/mol. The van der Waals surface area contributed by atoms with Crippen molar-refractivity contribution in [1.82, 2.24) is 10.3 Å². The number of alkyl halides is 3. The Balaban J connectivity index is 2.04. The number of nitro groups is 1. The second-order valence-corrected chi connectivity index (χ2v) is 5.87. The van der Waals surface area contributed by atoms with Crippen molar-refractivity contribution in [3.63, 3.8) is 0 Å². The Kier molecular flexibility index (Phi) is 7.92. The number of nitrogens with one attached hydrogen (secondary N) is 1. The van der Waals surface area contributed by atoms with Gasteiger partial charge in [0.25, 0.3) is 11.6 Å². The lowest BCUT2D eigenvalue weighted by Crippen LogP contribution is -2.24. The van der Waals surface area contributed by atoms with Crippen LogP contribution in [-0.4, -0.2) is 48.9 Å². The van der Waals surface area contributed by atoms with E-state index in [1.165, 1.54) is 13.3 Å². The first-order chi connectivity index (χ1) is 14.2. The van der Waals surface area contributed by atoms with Gasteiger partial charge in [-0.3, -0.25) is 14.9 Å². The fraction of sp³-hybridized carbons (Fsp3) is 0.333. The first-order valence-corrected chi connectivity index (χ1v) is 8.52.